The summed E-state index contributed by atoms with van der Waals surface area (Å²) in [5.41, 5.74) is 2.11. The van der Waals surface area contributed by atoms with Crippen LogP contribution in [0.1, 0.15) is 11.1 Å². The lowest BCUT2D eigenvalue weighted by Gasteiger charge is -2.08. The summed E-state index contributed by atoms with van der Waals surface area (Å²) in [6.07, 6.45) is 3.85. The number of hydrogen-bond donors (Lipinski definition) is 1. The van der Waals surface area contributed by atoms with Gasteiger partial charge in [-0.05, 0) is 34.0 Å². The smallest absolute Gasteiger partial charge is 0.224 e. The number of fused-ring (bicyclic) bond motifs is 1. The zero-order valence-electron chi connectivity index (χ0n) is 11.6. The van der Waals surface area contributed by atoms with Gasteiger partial charge in [-0.3, -0.25) is 9.78 Å². The van der Waals surface area contributed by atoms with E-state index < -0.39 is 0 Å². The van der Waals surface area contributed by atoms with Crippen LogP contribution in [0, 0.1) is 0 Å². The lowest BCUT2D eigenvalue weighted by molar-refractivity contribution is -0.120. The Balaban J connectivity index is 1.69. The van der Waals surface area contributed by atoms with Gasteiger partial charge in [-0.1, -0.05) is 42.5 Å². The van der Waals surface area contributed by atoms with E-state index in [0.717, 1.165) is 21.9 Å². The number of carbonyl (C=O) groups is 1. The molecule has 2 aromatic carbocycles. The average Bonchev–Trinajstić information content (AvgIpc) is 2.54. The molecular formula is C18H16N2O. The molecule has 21 heavy (non-hydrogen) atoms. The number of nitrogens with one attached hydrogen (secondary N) is 1. The molecule has 3 heteroatoms. The molecular weight excluding hydrogens is 260 g/mol. The maximum atomic E-state index is 12.1. The maximum Gasteiger partial charge on any atom is 0.224 e. The Hall–Kier alpha value is -2.68. The summed E-state index contributed by atoms with van der Waals surface area (Å²) >= 11 is 0. The van der Waals surface area contributed by atoms with Crippen LogP contribution in [-0.4, -0.2) is 10.9 Å². The van der Waals surface area contributed by atoms with Crippen LogP contribution in [0.25, 0.3) is 10.8 Å². The highest BCUT2D eigenvalue weighted by molar-refractivity contribution is 5.90. The third kappa shape index (κ3) is 3.26. The van der Waals surface area contributed by atoms with E-state index in [1.54, 1.807) is 12.4 Å². The van der Waals surface area contributed by atoms with Crippen molar-refractivity contribution in [3.63, 3.8) is 0 Å². The van der Waals surface area contributed by atoms with Gasteiger partial charge >= 0.3 is 0 Å². The molecule has 1 aromatic heterocycles. The van der Waals surface area contributed by atoms with E-state index in [2.05, 4.69) is 28.5 Å². The van der Waals surface area contributed by atoms with Gasteiger partial charge < -0.3 is 5.32 Å². The summed E-state index contributed by atoms with van der Waals surface area (Å²) < 4.78 is 0. The fourth-order valence-electron chi connectivity index (χ4n) is 2.38. The van der Waals surface area contributed by atoms with Crippen molar-refractivity contribution in [1.82, 2.24) is 10.3 Å². The highest BCUT2D eigenvalue weighted by Crippen LogP contribution is 2.18. The predicted octanol–water partition coefficient (Wildman–Crippen LogP) is 3.09. The Morgan fingerprint density at radius 2 is 1.71 bits per heavy atom. The first kappa shape index (κ1) is 13.3. The zero-order chi connectivity index (χ0) is 14.5. The monoisotopic (exact) mass is 276 g/mol. The first-order chi connectivity index (χ1) is 10.3. The number of rotatable bonds is 4. The predicted molar refractivity (Wildman–Crippen MR) is 83.7 cm³/mol. The number of pyridine rings is 1. The minimum atomic E-state index is 0.0307. The molecule has 3 nitrogen and oxygen atoms in total. The van der Waals surface area contributed by atoms with Gasteiger partial charge in [-0.15, -0.1) is 0 Å². The number of aromatic nitrogens is 1. The first-order valence-electron chi connectivity index (χ1n) is 6.95. The molecule has 0 unspecified atom stereocenters. The van der Waals surface area contributed by atoms with Crippen molar-refractivity contribution in [2.45, 2.75) is 13.0 Å². The molecule has 3 rings (SSSR count). The third-order valence-electron chi connectivity index (χ3n) is 3.47. The average molecular weight is 276 g/mol. The topological polar surface area (TPSA) is 42.0 Å². The fraction of sp³-hybridized carbons (Fsp3) is 0.111. The Kier molecular flexibility index (Phi) is 3.92. The molecule has 0 bridgehead atoms. The summed E-state index contributed by atoms with van der Waals surface area (Å²) in [6.45, 7) is 0.534. The number of amides is 1. The summed E-state index contributed by atoms with van der Waals surface area (Å²) in [4.78, 5) is 16.1. The SMILES string of the molecule is O=C(Cc1cccc2ccccc12)NCc1ccncc1. The van der Waals surface area contributed by atoms with Crippen LogP contribution < -0.4 is 5.32 Å². The van der Waals surface area contributed by atoms with Crippen LogP contribution in [0.5, 0.6) is 0 Å². The minimum absolute atomic E-state index is 0.0307. The highest BCUT2D eigenvalue weighted by Gasteiger charge is 2.06. The van der Waals surface area contributed by atoms with E-state index >= 15 is 0 Å². The van der Waals surface area contributed by atoms with E-state index in [9.17, 15) is 4.79 Å². The van der Waals surface area contributed by atoms with Crippen LogP contribution in [0.3, 0.4) is 0 Å². The molecule has 0 spiro atoms. The van der Waals surface area contributed by atoms with Crippen molar-refractivity contribution >= 4 is 16.7 Å². The largest absolute Gasteiger partial charge is 0.352 e. The Labute approximate surface area is 123 Å². The van der Waals surface area contributed by atoms with Crippen molar-refractivity contribution in [2.75, 3.05) is 0 Å². The molecule has 0 radical (unpaired) electrons. The van der Waals surface area contributed by atoms with E-state index in [-0.39, 0.29) is 5.91 Å². The van der Waals surface area contributed by atoms with Gasteiger partial charge in [-0.25, -0.2) is 0 Å². The second-order valence-electron chi connectivity index (χ2n) is 4.95. The Morgan fingerprint density at radius 3 is 2.57 bits per heavy atom. The number of hydrogen-bond acceptors (Lipinski definition) is 2. The summed E-state index contributed by atoms with van der Waals surface area (Å²) in [5.74, 6) is 0.0307. The van der Waals surface area contributed by atoms with Crippen LogP contribution >= 0.6 is 0 Å². The zero-order valence-corrected chi connectivity index (χ0v) is 11.6. The number of carbonyl (C=O) groups excluding carboxylic acids is 1. The van der Waals surface area contributed by atoms with Crippen LogP contribution in [0.4, 0.5) is 0 Å². The molecule has 1 amide bonds. The van der Waals surface area contributed by atoms with Crippen molar-refractivity contribution in [3.8, 4) is 0 Å². The van der Waals surface area contributed by atoms with Gasteiger partial charge in [-0.2, -0.15) is 0 Å². The van der Waals surface area contributed by atoms with Gasteiger partial charge in [0.25, 0.3) is 0 Å². The van der Waals surface area contributed by atoms with Crippen molar-refractivity contribution < 1.29 is 4.79 Å². The molecule has 0 atom stereocenters. The van der Waals surface area contributed by atoms with Gasteiger partial charge in [0.2, 0.25) is 5.91 Å². The first-order valence-corrected chi connectivity index (χ1v) is 6.95. The normalized spacial score (nSPS) is 10.5. The van der Waals surface area contributed by atoms with Crippen molar-refractivity contribution in [2.24, 2.45) is 0 Å². The quantitative estimate of drug-likeness (QED) is 0.795. The van der Waals surface area contributed by atoms with E-state index in [1.165, 1.54) is 0 Å². The minimum Gasteiger partial charge on any atom is -0.352 e. The van der Waals surface area contributed by atoms with Crippen molar-refractivity contribution in [3.05, 3.63) is 78.1 Å². The molecule has 104 valence electrons. The second-order valence-corrected chi connectivity index (χ2v) is 4.95. The summed E-state index contributed by atoms with van der Waals surface area (Å²) in [5, 5.41) is 5.25. The molecule has 1 heterocycles. The molecule has 3 aromatic rings. The van der Waals surface area contributed by atoms with E-state index in [0.29, 0.717) is 13.0 Å². The highest BCUT2D eigenvalue weighted by atomic mass is 16.1. The van der Waals surface area contributed by atoms with Crippen molar-refractivity contribution in [1.29, 1.82) is 0 Å². The molecule has 0 fully saturated rings. The van der Waals surface area contributed by atoms with Crippen LogP contribution in [0.2, 0.25) is 0 Å². The molecule has 0 aliphatic heterocycles. The maximum absolute atomic E-state index is 12.1. The van der Waals surface area contributed by atoms with E-state index in [4.69, 9.17) is 0 Å². The summed E-state index contributed by atoms with van der Waals surface area (Å²) in [7, 11) is 0. The number of benzene rings is 2. The molecule has 0 aliphatic carbocycles. The molecule has 0 aliphatic rings. The summed E-state index contributed by atoms with van der Waals surface area (Å²) in [6, 6.07) is 18.0. The molecule has 0 saturated carbocycles. The second kappa shape index (κ2) is 6.18. The fourth-order valence-corrected chi connectivity index (χ4v) is 2.38. The number of nitrogens with zero attached hydrogens (tertiary/aromatic N) is 1. The van der Waals surface area contributed by atoms with Crippen LogP contribution in [0.15, 0.2) is 67.0 Å². The molecule has 1 N–H and O–H groups in total. The van der Waals surface area contributed by atoms with Gasteiger partial charge in [0.05, 0.1) is 6.42 Å². The van der Waals surface area contributed by atoms with Crippen LogP contribution in [-0.2, 0) is 17.8 Å². The van der Waals surface area contributed by atoms with Gasteiger partial charge in [0, 0.05) is 18.9 Å². The molecule has 0 saturated heterocycles. The van der Waals surface area contributed by atoms with Gasteiger partial charge in [0.1, 0.15) is 0 Å². The van der Waals surface area contributed by atoms with E-state index in [1.807, 2.05) is 36.4 Å². The Morgan fingerprint density at radius 1 is 0.952 bits per heavy atom. The lowest BCUT2D eigenvalue weighted by atomic mass is 10.0. The van der Waals surface area contributed by atoms with Gasteiger partial charge in [0.15, 0.2) is 0 Å². The lowest BCUT2D eigenvalue weighted by Crippen LogP contribution is -2.24. The Bertz CT molecular complexity index is 748. The standard InChI is InChI=1S/C18H16N2O/c21-18(20-13-14-8-10-19-11-9-14)12-16-6-3-5-15-4-1-2-7-17(15)16/h1-11H,12-13H2,(H,20,21). The third-order valence-corrected chi connectivity index (χ3v) is 3.47.